The van der Waals surface area contributed by atoms with Gasteiger partial charge in [-0.3, -0.25) is 4.98 Å². The Labute approximate surface area is 76.7 Å². The van der Waals surface area contributed by atoms with Crippen LogP contribution in [-0.4, -0.2) is 11.1 Å². The van der Waals surface area contributed by atoms with Crippen LogP contribution in [0.1, 0.15) is 24.3 Å². The summed E-state index contributed by atoms with van der Waals surface area (Å²) in [5, 5.41) is 0. The zero-order valence-electron chi connectivity index (χ0n) is 7.65. The molecule has 1 aromatic rings. The van der Waals surface area contributed by atoms with E-state index in [2.05, 4.69) is 4.98 Å². The van der Waals surface area contributed by atoms with Crippen LogP contribution >= 0.6 is 0 Å². The number of amides is 1. The van der Waals surface area contributed by atoms with Crippen molar-refractivity contribution >= 4 is 6.09 Å². The van der Waals surface area contributed by atoms with Crippen LogP contribution in [0, 0.1) is 6.92 Å². The van der Waals surface area contributed by atoms with E-state index in [-0.39, 0.29) is 0 Å². The summed E-state index contributed by atoms with van der Waals surface area (Å²) in [7, 11) is 0. The van der Waals surface area contributed by atoms with Crippen molar-refractivity contribution in [2.75, 3.05) is 0 Å². The number of hydrogen-bond donors (Lipinski definition) is 1. The van der Waals surface area contributed by atoms with Gasteiger partial charge < -0.3 is 10.5 Å². The van der Waals surface area contributed by atoms with Crippen molar-refractivity contribution in [3.63, 3.8) is 0 Å². The maximum Gasteiger partial charge on any atom is 0.405 e. The van der Waals surface area contributed by atoms with Crippen molar-refractivity contribution in [1.29, 1.82) is 0 Å². The lowest BCUT2D eigenvalue weighted by Crippen LogP contribution is -2.16. The third-order valence-electron chi connectivity index (χ3n) is 1.64. The first-order valence-electron chi connectivity index (χ1n) is 3.98. The lowest BCUT2D eigenvalue weighted by Gasteiger charge is -2.10. The predicted molar refractivity (Wildman–Crippen MR) is 48.1 cm³/mol. The molecule has 1 aromatic heterocycles. The van der Waals surface area contributed by atoms with E-state index in [9.17, 15) is 4.79 Å². The zero-order chi connectivity index (χ0) is 9.84. The highest BCUT2D eigenvalue weighted by Gasteiger charge is 2.09. The Balaban J connectivity index is 2.71. The zero-order valence-corrected chi connectivity index (χ0v) is 7.65. The second-order valence-corrected chi connectivity index (χ2v) is 2.84. The van der Waals surface area contributed by atoms with Gasteiger partial charge in [0.05, 0.1) is 5.69 Å². The van der Waals surface area contributed by atoms with E-state index in [0.717, 1.165) is 5.56 Å². The van der Waals surface area contributed by atoms with Crippen molar-refractivity contribution in [2.45, 2.75) is 20.0 Å². The summed E-state index contributed by atoms with van der Waals surface area (Å²) in [4.78, 5) is 14.5. The van der Waals surface area contributed by atoms with Crippen molar-refractivity contribution in [1.82, 2.24) is 4.98 Å². The monoisotopic (exact) mass is 180 g/mol. The van der Waals surface area contributed by atoms with Crippen LogP contribution in [0.4, 0.5) is 4.79 Å². The number of hydrogen-bond acceptors (Lipinski definition) is 3. The number of aromatic nitrogens is 1. The van der Waals surface area contributed by atoms with E-state index in [1.807, 2.05) is 19.1 Å². The molecule has 0 aliphatic rings. The molecule has 1 heterocycles. The minimum atomic E-state index is -0.783. The standard InChI is InChI=1S/C9H12N2O2/c1-6-3-4-8(11-5-6)7(2)13-9(10)12/h3-5,7H,1-2H3,(H2,10,12). The van der Waals surface area contributed by atoms with Gasteiger partial charge >= 0.3 is 6.09 Å². The fourth-order valence-corrected chi connectivity index (χ4v) is 0.954. The second kappa shape index (κ2) is 3.89. The van der Waals surface area contributed by atoms with Gasteiger partial charge in [0.2, 0.25) is 0 Å². The molecule has 0 bridgehead atoms. The van der Waals surface area contributed by atoms with Gasteiger partial charge in [0.1, 0.15) is 6.10 Å². The largest absolute Gasteiger partial charge is 0.440 e. The molecule has 4 nitrogen and oxygen atoms in total. The molecule has 4 heteroatoms. The number of aryl methyl sites for hydroxylation is 1. The Morgan fingerprint density at radius 2 is 2.31 bits per heavy atom. The van der Waals surface area contributed by atoms with Crippen molar-refractivity contribution in [3.05, 3.63) is 29.6 Å². The van der Waals surface area contributed by atoms with E-state index in [1.54, 1.807) is 13.1 Å². The van der Waals surface area contributed by atoms with Gasteiger partial charge in [0.25, 0.3) is 0 Å². The van der Waals surface area contributed by atoms with Gasteiger partial charge in [0.15, 0.2) is 0 Å². The Morgan fingerprint density at radius 1 is 1.62 bits per heavy atom. The molecule has 0 spiro atoms. The van der Waals surface area contributed by atoms with E-state index in [4.69, 9.17) is 10.5 Å². The minimum absolute atomic E-state index is 0.391. The number of nitrogens with two attached hydrogens (primary N) is 1. The van der Waals surface area contributed by atoms with Gasteiger partial charge in [0, 0.05) is 6.20 Å². The molecular weight excluding hydrogens is 168 g/mol. The maximum atomic E-state index is 10.4. The second-order valence-electron chi connectivity index (χ2n) is 2.84. The Bertz CT molecular complexity index is 295. The Kier molecular flexibility index (Phi) is 2.84. The summed E-state index contributed by atoms with van der Waals surface area (Å²) < 4.78 is 4.75. The number of ether oxygens (including phenoxy) is 1. The first-order valence-corrected chi connectivity index (χ1v) is 3.98. The fourth-order valence-electron chi connectivity index (χ4n) is 0.954. The molecule has 0 aliphatic carbocycles. The summed E-state index contributed by atoms with van der Waals surface area (Å²) >= 11 is 0. The molecule has 0 saturated heterocycles. The molecule has 1 rings (SSSR count). The Hall–Kier alpha value is -1.58. The van der Waals surface area contributed by atoms with Gasteiger partial charge in [-0.15, -0.1) is 0 Å². The Morgan fingerprint density at radius 3 is 2.77 bits per heavy atom. The van der Waals surface area contributed by atoms with Crippen molar-refractivity contribution in [2.24, 2.45) is 5.73 Å². The quantitative estimate of drug-likeness (QED) is 0.750. The SMILES string of the molecule is Cc1ccc(C(C)OC(N)=O)nc1. The molecule has 70 valence electrons. The van der Waals surface area contributed by atoms with Crippen LogP contribution in [-0.2, 0) is 4.74 Å². The van der Waals surface area contributed by atoms with Gasteiger partial charge in [-0.05, 0) is 25.5 Å². The number of carbonyl (C=O) groups is 1. The van der Waals surface area contributed by atoms with E-state index in [1.165, 1.54) is 0 Å². The number of carbonyl (C=O) groups excluding carboxylic acids is 1. The highest BCUT2D eigenvalue weighted by molar-refractivity contribution is 5.64. The molecule has 1 atom stereocenters. The summed E-state index contributed by atoms with van der Waals surface area (Å²) in [6, 6.07) is 3.71. The minimum Gasteiger partial charge on any atom is -0.440 e. The summed E-state index contributed by atoms with van der Waals surface area (Å²) in [5.41, 5.74) is 6.64. The van der Waals surface area contributed by atoms with Crippen LogP contribution < -0.4 is 5.73 Å². The lowest BCUT2D eigenvalue weighted by molar-refractivity contribution is 0.114. The lowest BCUT2D eigenvalue weighted by atomic mass is 10.2. The van der Waals surface area contributed by atoms with E-state index < -0.39 is 12.2 Å². The smallest absolute Gasteiger partial charge is 0.405 e. The first kappa shape index (κ1) is 9.51. The van der Waals surface area contributed by atoms with Crippen LogP contribution in [0.2, 0.25) is 0 Å². The van der Waals surface area contributed by atoms with Crippen LogP contribution in [0.5, 0.6) is 0 Å². The molecule has 0 saturated carbocycles. The molecule has 0 aliphatic heterocycles. The highest BCUT2D eigenvalue weighted by Crippen LogP contribution is 2.13. The van der Waals surface area contributed by atoms with E-state index >= 15 is 0 Å². The average molecular weight is 180 g/mol. The van der Waals surface area contributed by atoms with E-state index in [0.29, 0.717) is 5.69 Å². The van der Waals surface area contributed by atoms with Gasteiger partial charge in [-0.2, -0.15) is 0 Å². The predicted octanol–water partition coefficient (Wildman–Crippen LogP) is 1.55. The third-order valence-corrected chi connectivity index (χ3v) is 1.64. The summed E-state index contributed by atoms with van der Waals surface area (Å²) in [6.07, 6.45) is 0.545. The molecule has 1 unspecified atom stereocenters. The molecule has 0 fully saturated rings. The molecule has 1 amide bonds. The van der Waals surface area contributed by atoms with Crippen LogP contribution in [0.15, 0.2) is 18.3 Å². The normalized spacial score (nSPS) is 12.2. The van der Waals surface area contributed by atoms with Crippen molar-refractivity contribution in [3.8, 4) is 0 Å². The van der Waals surface area contributed by atoms with Crippen LogP contribution in [0.3, 0.4) is 0 Å². The summed E-state index contributed by atoms with van der Waals surface area (Å²) in [6.45, 7) is 3.67. The highest BCUT2D eigenvalue weighted by atomic mass is 16.6. The molecular formula is C9H12N2O2. The average Bonchev–Trinajstić information content (AvgIpc) is 2.04. The molecule has 13 heavy (non-hydrogen) atoms. The third kappa shape index (κ3) is 2.74. The van der Waals surface area contributed by atoms with Gasteiger partial charge in [-0.1, -0.05) is 6.07 Å². The first-order chi connectivity index (χ1) is 6.09. The number of nitrogens with zero attached hydrogens (tertiary/aromatic N) is 1. The summed E-state index contributed by atoms with van der Waals surface area (Å²) in [5.74, 6) is 0. The topological polar surface area (TPSA) is 65.2 Å². The van der Waals surface area contributed by atoms with Gasteiger partial charge in [-0.25, -0.2) is 4.79 Å². The molecule has 2 N–H and O–H groups in total. The number of primary amides is 1. The maximum absolute atomic E-state index is 10.4. The molecule has 0 radical (unpaired) electrons. The van der Waals surface area contributed by atoms with Crippen molar-refractivity contribution < 1.29 is 9.53 Å². The fraction of sp³-hybridized carbons (Fsp3) is 0.333. The number of rotatable bonds is 2. The number of pyridine rings is 1. The van der Waals surface area contributed by atoms with Crippen LogP contribution in [0.25, 0.3) is 0 Å². The molecule has 0 aromatic carbocycles.